The van der Waals surface area contributed by atoms with Crippen LogP contribution in [-0.4, -0.2) is 19.8 Å². The molecule has 2 nitrogen and oxygen atoms in total. The maximum Gasteiger partial charge on any atom is 0.0476 e. The molecule has 0 heterocycles. The van der Waals surface area contributed by atoms with Crippen LogP contribution in [0.2, 0.25) is 5.02 Å². The standard InChI is InChI=1S/C12H17BrClNO/c1-9(5-6-16-2)15-8-10-7-11(13)3-4-12(10)14/h3-4,7,9,15H,5-6,8H2,1-2H3. The number of halogens is 2. The van der Waals surface area contributed by atoms with Crippen LogP contribution in [0.1, 0.15) is 18.9 Å². The molecule has 0 aliphatic rings. The molecule has 0 aliphatic carbocycles. The number of hydrogen-bond acceptors (Lipinski definition) is 2. The molecule has 1 N–H and O–H groups in total. The Bertz CT molecular complexity index is 333. The molecule has 0 bridgehead atoms. The van der Waals surface area contributed by atoms with Crippen LogP contribution >= 0.6 is 27.5 Å². The quantitative estimate of drug-likeness (QED) is 0.867. The van der Waals surface area contributed by atoms with Gasteiger partial charge in [0.1, 0.15) is 0 Å². The first kappa shape index (κ1) is 14.0. The van der Waals surface area contributed by atoms with Crippen LogP contribution in [0.25, 0.3) is 0 Å². The van der Waals surface area contributed by atoms with E-state index in [9.17, 15) is 0 Å². The molecule has 16 heavy (non-hydrogen) atoms. The third-order valence-corrected chi connectivity index (χ3v) is 3.27. The Morgan fingerprint density at radius 1 is 1.50 bits per heavy atom. The van der Waals surface area contributed by atoms with Crippen LogP contribution in [0.15, 0.2) is 22.7 Å². The molecular weight excluding hydrogens is 289 g/mol. The van der Waals surface area contributed by atoms with Crippen molar-refractivity contribution in [2.24, 2.45) is 0 Å². The lowest BCUT2D eigenvalue weighted by atomic mass is 10.2. The molecule has 0 aliphatic heterocycles. The molecule has 1 unspecified atom stereocenters. The first-order valence-corrected chi connectivity index (χ1v) is 6.47. The monoisotopic (exact) mass is 305 g/mol. The zero-order valence-electron chi connectivity index (χ0n) is 9.59. The van der Waals surface area contributed by atoms with Crippen molar-refractivity contribution in [3.63, 3.8) is 0 Å². The molecule has 0 aromatic heterocycles. The third-order valence-electron chi connectivity index (χ3n) is 2.40. The molecule has 0 fully saturated rings. The van der Waals surface area contributed by atoms with Crippen molar-refractivity contribution in [2.75, 3.05) is 13.7 Å². The van der Waals surface area contributed by atoms with Crippen LogP contribution in [0.3, 0.4) is 0 Å². The molecule has 0 saturated heterocycles. The van der Waals surface area contributed by atoms with Crippen molar-refractivity contribution in [2.45, 2.75) is 25.9 Å². The van der Waals surface area contributed by atoms with Crippen molar-refractivity contribution in [1.82, 2.24) is 5.32 Å². The van der Waals surface area contributed by atoms with Crippen LogP contribution < -0.4 is 5.32 Å². The van der Waals surface area contributed by atoms with E-state index >= 15 is 0 Å². The van der Waals surface area contributed by atoms with E-state index < -0.39 is 0 Å². The van der Waals surface area contributed by atoms with E-state index in [-0.39, 0.29) is 0 Å². The van der Waals surface area contributed by atoms with E-state index in [4.69, 9.17) is 16.3 Å². The minimum Gasteiger partial charge on any atom is -0.385 e. The number of nitrogens with one attached hydrogen (secondary N) is 1. The van der Waals surface area contributed by atoms with Gasteiger partial charge in [-0.15, -0.1) is 0 Å². The Kier molecular flexibility index (Phi) is 6.36. The molecule has 1 atom stereocenters. The summed E-state index contributed by atoms with van der Waals surface area (Å²) in [6.45, 7) is 3.70. The number of rotatable bonds is 6. The molecule has 1 aromatic carbocycles. The zero-order valence-corrected chi connectivity index (χ0v) is 11.9. The summed E-state index contributed by atoms with van der Waals surface area (Å²) < 4.78 is 6.09. The zero-order chi connectivity index (χ0) is 12.0. The lowest BCUT2D eigenvalue weighted by Crippen LogP contribution is -2.26. The van der Waals surface area contributed by atoms with Crippen molar-refractivity contribution in [1.29, 1.82) is 0 Å². The predicted molar refractivity (Wildman–Crippen MR) is 71.9 cm³/mol. The predicted octanol–water partition coefficient (Wildman–Crippen LogP) is 3.62. The lowest BCUT2D eigenvalue weighted by molar-refractivity contribution is 0.184. The molecule has 1 rings (SSSR count). The second-order valence-electron chi connectivity index (χ2n) is 3.80. The molecule has 0 radical (unpaired) electrons. The van der Waals surface area contributed by atoms with E-state index in [1.807, 2.05) is 18.2 Å². The summed E-state index contributed by atoms with van der Waals surface area (Å²) in [5.74, 6) is 0. The van der Waals surface area contributed by atoms with E-state index in [1.54, 1.807) is 7.11 Å². The van der Waals surface area contributed by atoms with Crippen molar-refractivity contribution >= 4 is 27.5 Å². The van der Waals surface area contributed by atoms with Gasteiger partial charge in [-0.25, -0.2) is 0 Å². The van der Waals surface area contributed by atoms with Crippen molar-refractivity contribution in [3.05, 3.63) is 33.3 Å². The topological polar surface area (TPSA) is 21.3 Å². The maximum atomic E-state index is 6.10. The summed E-state index contributed by atoms with van der Waals surface area (Å²) >= 11 is 9.54. The molecule has 0 amide bonds. The highest BCUT2D eigenvalue weighted by Gasteiger charge is 2.04. The Hall–Kier alpha value is -0.0900. The molecule has 0 spiro atoms. The van der Waals surface area contributed by atoms with Gasteiger partial charge in [-0.1, -0.05) is 27.5 Å². The van der Waals surface area contributed by atoms with E-state index in [0.717, 1.165) is 34.6 Å². The highest BCUT2D eigenvalue weighted by Crippen LogP contribution is 2.20. The normalized spacial score (nSPS) is 12.8. The maximum absolute atomic E-state index is 6.10. The average Bonchev–Trinajstić information content (AvgIpc) is 2.27. The fourth-order valence-corrected chi connectivity index (χ4v) is 1.95. The van der Waals surface area contributed by atoms with Crippen LogP contribution in [-0.2, 0) is 11.3 Å². The number of benzene rings is 1. The fraction of sp³-hybridized carbons (Fsp3) is 0.500. The first-order chi connectivity index (χ1) is 7.63. The average molecular weight is 307 g/mol. The Balaban J connectivity index is 2.44. The number of hydrogen-bond donors (Lipinski definition) is 1. The minimum atomic E-state index is 0.426. The molecule has 4 heteroatoms. The fourth-order valence-electron chi connectivity index (χ4n) is 1.36. The van der Waals surface area contributed by atoms with E-state index in [1.165, 1.54) is 0 Å². The van der Waals surface area contributed by atoms with E-state index in [0.29, 0.717) is 6.04 Å². The summed E-state index contributed by atoms with van der Waals surface area (Å²) in [6, 6.07) is 6.32. The Morgan fingerprint density at radius 2 is 2.25 bits per heavy atom. The molecule has 1 aromatic rings. The van der Waals surface area contributed by atoms with Gasteiger partial charge in [-0.3, -0.25) is 0 Å². The van der Waals surface area contributed by atoms with Gasteiger partial charge < -0.3 is 10.1 Å². The van der Waals surface area contributed by atoms with Gasteiger partial charge in [-0.2, -0.15) is 0 Å². The van der Waals surface area contributed by atoms with Crippen molar-refractivity contribution in [3.8, 4) is 0 Å². The van der Waals surface area contributed by atoms with Gasteiger partial charge in [0.15, 0.2) is 0 Å². The van der Waals surface area contributed by atoms with E-state index in [2.05, 4.69) is 28.2 Å². The Labute approximate surface area is 110 Å². The lowest BCUT2D eigenvalue weighted by Gasteiger charge is -2.14. The second kappa shape index (κ2) is 7.28. The molecular formula is C12H17BrClNO. The third kappa shape index (κ3) is 4.83. The van der Waals surface area contributed by atoms with Crippen LogP contribution in [0.4, 0.5) is 0 Å². The van der Waals surface area contributed by atoms with Crippen molar-refractivity contribution < 1.29 is 4.74 Å². The van der Waals surface area contributed by atoms with Crippen LogP contribution in [0, 0.1) is 0 Å². The van der Waals surface area contributed by atoms with Gasteiger partial charge in [0.25, 0.3) is 0 Å². The summed E-state index contributed by atoms with van der Waals surface area (Å²) in [7, 11) is 1.72. The largest absolute Gasteiger partial charge is 0.385 e. The smallest absolute Gasteiger partial charge is 0.0476 e. The second-order valence-corrected chi connectivity index (χ2v) is 5.12. The summed E-state index contributed by atoms with van der Waals surface area (Å²) in [4.78, 5) is 0. The van der Waals surface area contributed by atoms with Gasteiger partial charge in [0.2, 0.25) is 0 Å². The SMILES string of the molecule is COCCC(C)NCc1cc(Br)ccc1Cl. The number of methoxy groups -OCH3 is 1. The first-order valence-electron chi connectivity index (χ1n) is 5.29. The number of ether oxygens (including phenoxy) is 1. The summed E-state index contributed by atoms with van der Waals surface area (Å²) in [5, 5.41) is 4.22. The van der Waals surface area contributed by atoms with Gasteiger partial charge in [0.05, 0.1) is 0 Å². The van der Waals surface area contributed by atoms with Crippen LogP contribution in [0.5, 0.6) is 0 Å². The minimum absolute atomic E-state index is 0.426. The van der Waals surface area contributed by atoms with Gasteiger partial charge in [0, 0.05) is 35.8 Å². The highest BCUT2D eigenvalue weighted by atomic mass is 79.9. The summed E-state index contributed by atoms with van der Waals surface area (Å²) in [5.41, 5.74) is 1.11. The molecule has 90 valence electrons. The Morgan fingerprint density at radius 3 is 2.94 bits per heavy atom. The summed E-state index contributed by atoms with van der Waals surface area (Å²) in [6.07, 6.45) is 1.00. The van der Waals surface area contributed by atoms with Gasteiger partial charge >= 0.3 is 0 Å². The van der Waals surface area contributed by atoms with Gasteiger partial charge in [-0.05, 0) is 37.1 Å². The molecule has 0 saturated carbocycles. The highest BCUT2D eigenvalue weighted by molar-refractivity contribution is 9.10.